The van der Waals surface area contributed by atoms with Crippen LogP contribution in [0.1, 0.15) is 5.56 Å². The van der Waals surface area contributed by atoms with Crippen LogP contribution in [0.5, 0.6) is 0 Å². The predicted octanol–water partition coefficient (Wildman–Crippen LogP) is 4.77. The lowest BCUT2D eigenvalue weighted by atomic mass is 10.0. The van der Waals surface area contributed by atoms with Gasteiger partial charge in [-0.2, -0.15) is 5.10 Å². The number of rotatable bonds is 7. The number of aliphatic hydroxyl groups excluding tert-OH is 1. The Balaban J connectivity index is 1.76. The Morgan fingerprint density at radius 2 is 1.57 bits per heavy atom. The van der Waals surface area contributed by atoms with Gasteiger partial charge in [-0.25, -0.2) is 9.07 Å². The first-order valence-corrected chi connectivity index (χ1v) is 9.94. The Morgan fingerprint density at radius 3 is 2.27 bits per heavy atom. The molecule has 0 bridgehead atoms. The highest BCUT2D eigenvalue weighted by atomic mass is 19.1. The zero-order valence-corrected chi connectivity index (χ0v) is 16.9. The summed E-state index contributed by atoms with van der Waals surface area (Å²) in [6, 6.07) is 25.0. The number of likely N-dealkylation sites (N-methyl/N-ethyl adjacent to an activating group) is 1. The molecule has 0 saturated carbocycles. The summed E-state index contributed by atoms with van der Waals surface area (Å²) in [6.45, 7) is 1.17. The fraction of sp³-hybridized carbons (Fsp3) is 0.160. The SMILES string of the molecule is CN(CCO)Cc1cnn(-c2ccc(-c3ccccc3)cc2)c1-c1ccccc1F. The number of aromatic nitrogens is 2. The van der Waals surface area contributed by atoms with Gasteiger partial charge in [0.2, 0.25) is 0 Å². The summed E-state index contributed by atoms with van der Waals surface area (Å²) in [5.74, 6) is -0.286. The normalized spacial score (nSPS) is 11.2. The maximum Gasteiger partial charge on any atom is 0.132 e. The monoisotopic (exact) mass is 401 g/mol. The van der Waals surface area contributed by atoms with E-state index in [4.69, 9.17) is 0 Å². The number of benzene rings is 3. The third-order valence-corrected chi connectivity index (χ3v) is 5.11. The van der Waals surface area contributed by atoms with Crippen molar-refractivity contribution in [3.8, 4) is 28.1 Å². The molecule has 0 aliphatic heterocycles. The minimum atomic E-state index is -0.286. The fourth-order valence-corrected chi connectivity index (χ4v) is 3.60. The second kappa shape index (κ2) is 9.03. The summed E-state index contributed by atoms with van der Waals surface area (Å²) in [5, 5.41) is 13.8. The molecule has 3 aromatic carbocycles. The van der Waals surface area contributed by atoms with E-state index in [-0.39, 0.29) is 12.4 Å². The minimum absolute atomic E-state index is 0.0701. The zero-order chi connectivity index (χ0) is 20.9. The van der Waals surface area contributed by atoms with Gasteiger partial charge in [0.15, 0.2) is 0 Å². The topological polar surface area (TPSA) is 41.3 Å². The van der Waals surface area contributed by atoms with Crippen LogP contribution in [0.3, 0.4) is 0 Å². The molecule has 0 aliphatic carbocycles. The number of aliphatic hydroxyl groups is 1. The Kier molecular flexibility index (Phi) is 6.02. The Labute approximate surface area is 175 Å². The summed E-state index contributed by atoms with van der Waals surface area (Å²) in [6.07, 6.45) is 1.78. The molecule has 5 heteroatoms. The van der Waals surface area contributed by atoms with E-state index in [9.17, 15) is 9.50 Å². The third kappa shape index (κ3) is 4.17. The van der Waals surface area contributed by atoms with E-state index < -0.39 is 0 Å². The largest absolute Gasteiger partial charge is 0.395 e. The Hall–Kier alpha value is -3.28. The molecule has 1 aromatic heterocycles. The van der Waals surface area contributed by atoms with Crippen molar-refractivity contribution in [3.05, 3.63) is 96.4 Å². The van der Waals surface area contributed by atoms with Crippen LogP contribution in [0.4, 0.5) is 4.39 Å². The zero-order valence-electron chi connectivity index (χ0n) is 16.9. The van der Waals surface area contributed by atoms with Gasteiger partial charge in [-0.1, -0.05) is 54.6 Å². The quantitative estimate of drug-likeness (QED) is 0.485. The number of halogens is 1. The highest BCUT2D eigenvalue weighted by Gasteiger charge is 2.18. The van der Waals surface area contributed by atoms with E-state index in [1.807, 2.05) is 48.3 Å². The lowest BCUT2D eigenvalue weighted by molar-refractivity contribution is 0.217. The van der Waals surface area contributed by atoms with Crippen LogP contribution in [0.15, 0.2) is 85.1 Å². The van der Waals surface area contributed by atoms with E-state index >= 15 is 0 Å². The molecular weight excluding hydrogens is 377 g/mol. The van der Waals surface area contributed by atoms with Crippen molar-refractivity contribution in [3.63, 3.8) is 0 Å². The van der Waals surface area contributed by atoms with Crippen molar-refractivity contribution in [1.29, 1.82) is 0 Å². The minimum Gasteiger partial charge on any atom is -0.395 e. The lowest BCUT2D eigenvalue weighted by Crippen LogP contribution is -2.21. The highest BCUT2D eigenvalue weighted by Crippen LogP contribution is 2.30. The molecule has 30 heavy (non-hydrogen) atoms. The number of hydrogen-bond donors (Lipinski definition) is 1. The van der Waals surface area contributed by atoms with Gasteiger partial charge in [-0.3, -0.25) is 4.90 Å². The molecule has 4 nitrogen and oxygen atoms in total. The summed E-state index contributed by atoms with van der Waals surface area (Å²) < 4.78 is 16.5. The van der Waals surface area contributed by atoms with Crippen LogP contribution >= 0.6 is 0 Å². The molecule has 1 N–H and O–H groups in total. The van der Waals surface area contributed by atoms with Gasteiger partial charge >= 0.3 is 0 Å². The molecule has 0 fully saturated rings. The molecule has 0 radical (unpaired) electrons. The van der Waals surface area contributed by atoms with E-state index in [2.05, 4.69) is 29.4 Å². The van der Waals surface area contributed by atoms with Crippen LogP contribution in [-0.2, 0) is 6.54 Å². The average molecular weight is 401 g/mol. The van der Waals surface area contributed by atoms with Gasteiger partial charge in [0.25, 0.3) is 0 Å². The Bertz CT molecular complexity index is 1110. The van der Waals surface area contributed by atoms with Gasteiger partial charge in [-0.15, -0.1) is 0 Å². The van der Waals surface area contributed by atoms with E-state index in [0.29, 0.717) is 18.7 Å². The summed E-state index contributed by atoms with van der Waals surface area (Å²) in [4.78, 5) is 1.99. The van der Waals surface area contributed by atoms with Crippen LogP contribution < -0.4 is 0 Å². The van der Waals surface area contributed by atoms with Gasteiger partial charge in [0.05, 0.1) is 24.2 Å². The van der Waals surface area contributed by atoms with Crippen molar-refractivity contribution in [2.75, 3.05) is 20.2 Å². The summed E-state index contributed by atoms with van der Waals surface area (Å²) >= 11 is 0. The van der Waals surface area contributed by atoms with Crippen LogP contribution in [0, 0.1) is 5.82 Å². The second-order valence-electron chi connectivity index (χ2n) is 7.28. The average Bonchev–Trinajstić information content (AvgIpc) is 3.18. The van der Waals surface area contributed by atoms with Crippen LogP contribution in [0.25, 0.3) is 28.1 Å². The molecule has 1 heterocycles. The molecule has 0 amide bonds. The lowest BCUT2D eigenvalue weighted by Gasteiger charge is -2.16. The second-order valence-corrected chi connectivity index (χ2v) is 7.28. The molecular formula is C25H24FN3O. The molecule has 152 valence electrons. The smallest absolute Gasteiger partial charge is 0.132 e. The summed E-state index contributed by atoms with van der Waals surface area (Å²) in [5.41, 5.74) is 5.26. The maximum absolute atomic E-state index is 14.7. The fourth-order valence-electron chi connectivity index (χ4n) is 3.60. The van der Waals surface area contributed by atoms with Gasteiger partial charge in [0, 0.05) is 24.2 Å². The molecule has 0 saturated heterocycles. The number of nitrogens with zero attached hydrogens (tertiary/aromatic N) is 3. The van der Waals surface area contributed by atoms with Gasteiger partial charge in [0.1, 0.15) is 5.82 Å². The standard InChI is InChI=1S/C25H24FN3O/c1-28(15-16-30)18-21-17-27-29(25(21)23-9-5-6-10-24(23)26)22-13-11-20(12-14-22)19-7-3-2-4-8-19/h2-14,17,30H,15-16,18H2,1H3. The predicted molar refractivity (Wildman–Crippen MR) is 118 cm³/mol. The highest BCUT2D eigenvalue weighted by molar-refractivity contribution is 5.68. The van der Waals surface area contributed by atoms with E-state index in [1.54, 1.807) is 23.0 Å². The molecule has 0 atom stereocenters. The van der Waals surface area contributed by atoms with Crippen molar-refractivity contribution in [2.24, 2.45) is 0 Å². The van der Waals surface area contributed by atoms with Crippen molar-refractivity contribution >= 4 is 0 Å². The van der Waals surface area contributed by atoms with Crippen LogP contribution in [-0.4, -0.2) is 40.0 Å². The first-order valence-electron chi connectivity index (χ1n) is 9.94. The van der Waals surface area contributed by atoms with E-state index in [1.165, 1.54) is 6.07 Å². The van der Waals surface area contributed by atoms with Crippen LogP contribution in [0.2, 0.25) is 0 Å². The molecule has 4 rings (SSSR count). The molecule has 4 aromatic rings. The van der Waals surface area contributed by atoms with Crippen molar-refractivity contribution in [1.82, 2.24) is 14.7 Å². The molecule has 0 aliphatic rings. The number of hydrogen-bond acceptors (Lipinski definition) is 3. The maximum atomic E-state index is 14.7. The van der Waals surface area contributed by atoms with E-state index in [0.717, 1.165) is 28.1 Å². The summed E-state index contributed by atoms with van der Waals surface area (Å²) in [7, 11) is 1.92. The third-order valence-electron chi connectivity index (χ3n) is 5.11. The van der Waals surface area contributed by atoms with Crippen molar-refractivity contribution < 1.29 is 9.50 Å². The molecule has 0 spiro atoms. The van der Waals surface area contributed by atoms with Gasteiger partial charge < -0.3 is 5.11 Å². The Morgan fingerprint density at radius 1 is 0.900 bits per heavy atom. The first-order chi connectivity index (χ1) is 14.7. The van der Waals surface area contributed by atoms with Gasteiger partial charge in [-0.05, 0) is 42.4 Å². The van der Waals surface area contributed by atoms with Crippen molar-refractivity contribution in [2.45, 2.75) is 6.54 Å². The first kappa shape index (κ1) is 20.0. The molecule has 0 unspecified atom stereocenters.